The predicted octanol–water partition coefficient (Wildman–Crippen LogP) is 3.63. The summed E-state index contributed by atoms with van der Waals surface area (Å²) >= 11 is 11.9. The Bertz CT molecular complexity index is 577. The lowest BCUT2D eigenvalue weighted by atomic mass is 10.2. The molecule has 0 radical (unpaired) electrons. The number of phenols is 1. The summed E-state index contributed by atoms with van der Waals surface area (Å²) < 4.78 is 0. The van der Waals surface area contributed by atoms with Gasteiger partial charge in [-0.15, -0.1) is 0 Å². The second-order valence-electron chi connectivity index (χ2n) is 3.95. The third-order valence-corrected chi connectivity index (χ3v) is 3.21. The molecule has 2 aromatic rings. The van der Waals surface area contributed by atoms with E-state index in [0.29, 0.717) is 16.6 Å². The van der Waals surface area contributed by atoms with Crippen molar-refractivity contribution in [2.75, 3.05) is 0 Å². The zero-order valence-corrected chi connectivity index (χ0v) is 11.4. The number of benzene rings is 2. The number of phenolic OH excluding ortho intramolecular Hbond substituents is 1. The van der Waals surface area contributed by atoms with Gasteiger partial charge in [0.05, 0.1) is 15.6 Å². The Hall–Kier alpha value is -1.71. The normalized spacial score (nSPS) is 10.2. The van der Waals surface area contributed by atoms with Crippen molar-refractivity contribution in [3.8, 4) is 5.75 Å². The highest BCUT2D eigenvalue weighted by Crippen LogP contribution is 2.24. The maximum atomic E-state index is 12.0. The lowest BCUT2D eigenvalue weighted by molar-refractivity contribution is 0.0951. The van der Waals surface area contributed by atoms with Crippen LogP contribution in [0.3, 0.4) is 0 Å². The molecule has 0 aliphatic rings. The summed E-state index contributed by atoms with van der Waals surface area (Å²) in [4.78, 5) is 12.0. The van der Waals surface area contributed by atoms with E-state index in [-0.39, 0.29) is 17.2 Å². The van der Waals surface area contributed by atoms with Crippen LogP contribution in [0.4, 0.5) is 0 Å². The molecular formula is C14H11Cl2NO2. The van der Waals surface area contributed by atoms with E-state index in [4.69, 9.17) is 28.3 Å². The smallest absolute Gasteiger partial charge is 0.254 e. The van der Waals surface area contributed by atoms with E-state index in [1.54, 1.807) is 42.5 Å². The van der Waals surface area contributed by atoms with Crippen LogP contribution in [-0.2, 0) is 6.54 Å². The van der Waals surface area contributed by atoms with E-state index >= 15 is 0 Å². The van der Waals surface area contributed by atoms with Crippen LogP contribution in [0.15, 0.2) is 42.5 Å². The lowest BCUT2D eigenvalue weighted by Crippen LogP contribution is -2.23. The second kappa shape index (κ2) is 5.95. The van der Waals surface area contributed by atoms with Gasteiger partial charge in [-0.1, -0.05) is 41.4 Å². The highest BCUT2D eigenvalue weighted by Gasteiger charge is 2.13. The number of hydrogen-bond donors (Lipinski definition) is 2. The zero-order valence-electron chi connectivity index (χ0n) is 9.86. The van der Waals surface area contributed by atoms with Gasteiger partial charge in [-0.2, -0.15) is 0 Å². The maximum absolute atomic E-state index is 12.0. The number of amides is 1. The van der Waals surface area contributed by atoms with Gasteiger partial charge in [0.2, 0.25) is 0 Å². The molecule has 5 heteroatoms. The first-order valence-corrected chi connectivity index (χ1v) is 6.33. The van der Waals surface area contributed by atoms with Crippen LogP contribution in [0.2, 0.25) is 10.0 Å². The number of hydrogen-bond acceptors (Lipinski definition) is 2. The molecule has 0 saturated carbocycles. The number of nitrogens with one attached hydrogen (secondary N) is 1. The molecule has 0 aliphatic carbocycles. The molecule has 3 nitrogen and oxygen atoms in total. The van der Waals surface area contributed by atoms with Crippen LogP contribution in [0, 0.1) is 0 Å². The van der Waals surface area contributed by atoms with Gasteiger partial charge in [-0.05, 0) is 29.8 Å². The topological polar surface area (TPSA) is 49.3 Å². The third-order valence-electron chi connectivity index (χ3n) is 2.58. The summed E-state index contributed by atoms with van der Waals surface area (Å²) in [7, 11) is 0. The third kappa shape index (κ3) is 3.40. The Morgan fingerprint density at radius 2 is 1.63 bits per heavy atom. The molecule has 0 saturated heterocycles. The Kier molecular flexibility index (Phi) is 4.30. The highest BCUT2D eigenvalue weighted by atomic mass is 35.5. The van der Waals surface area contributed by atoms with Gasteiger partial charge in [0, 0.05) is 6.54 Å². The van der Waals surface area contributed by atoms with Crippen molar-refractivity contribution >= 4 is 29.1 Å². The fraction of sp³-hybridized carbons (Fsp3) is 0.0714. The molecule has 98 valence electrons. The van der Waals surface area contributed by atoms with E-state index in [0.717, 1.165) is 5.56 Å². The Balaban J connectivity index is 2.07. The van der Waals surface area contributed by atoms with Crippen molar-refractivity contribution < 1.29 is 9.90 Å². The first kappa shape index (κ1) is 13.7. The van der Waals surface area contributed by atoms with E-state index in [1.807, 2.05) is 0 Å². The molecule has 0 atom stereocenters. The van der Waals surface area contributed by atoms with Gasteiger partial charge in [0.25, 0.3) is 5.91 Å². The van der Waals surface area contributed by atoms with Gasteiger partial charge in [0.1, 0.15) is 5.75 Å². The average Bonchev–Trinajstić information content (AvgIpc) is 2.38. The summed E-state index contributed by atoms with van der Waals surface area (Å²) in [6.45, 7) is 0.334. The predicted molar refractivity (Wildman–Crippen MR) is 75.7 cm³/mol. The first-order valence-electron chi connectivity index (χ1n) is 5.58. The fourth-order valence-electron chi connectivity index (χ4n) is 1.60. The standard InChI is InChI=1S/C14H11Cl2NO2/c15-11-2-1-3-12(16)13(11)14(19)17-8-9-4-6-10(18)7-5-9/h1-7,18H,8H2,(H,17,19). The molecule has 0 fully saturated rings. The highest BCUT2D eigenvalue weighted by molar-refractivity contribution is 6.39. The minimum atomic E-state index is -0.330. The van der Waals surface area contributed by atoms with Crippen molar-refractivity contribution in [3.63, 3.8) is 0 Å². The lowest BCUT2D eigenvalue weighted by Gasteiger charge is -2.08. The number of carbonyl (C=O) groups is 1. The Labute approximate surface area is 120 Å². The average molecular weight is 296 g/mol. The van der Waals surface area contributed by atoms with E-state index < -0.39 is 0 Å². The van der Waals surface area contributed by atoms with Gasteiger partial charge >= 0.3 is 0 Å². The van der Waals surface area contributed by atoms with Crippen LogP contribution in [0.5, 0.6) is 5.75 Å². The van der Waals surface area contributed by atoms with Crippen molar-refractivity contribution in [2.45, 2.75) is 6.54 Å². The van der Waals surface area contributed by atoms with Crippen LogP contribution in [0.1, 0.15) is 15.9 Å². The summed E-state index contributed by atoms with van der Waals surface area (Å²) in [5.41, 5.74) is 1.14. The van der Waals surface area contributed by atoms with Crippen molar-refractivity contribution in [1.82, 2.24) is 5.32 Å². The first-order chi connectivity index (χ1) is 9.08. The van der Waals surface area contributed by atoms with Gasteiger partial charge in [-0.3, -0.25) is 4.79 Å². The molecule has 0 unspecified atom stereocenters. The van der Waals surface area contributed by atoms with Crippen LogP contribution in [0.25, 0.3) is 0 Å². The van der Waals surface area contributed by atoms with Crippen LogP contribution in [-0.4, -0.2) is 11.0 Å². The summed E-state index contributed by atoms with van der Waals surface area (Å²) in [6, 6.07) is 11.5. The van der Waals surface area contributed by atoms with Crippen molar-refractivity contribution in [2.24, 2.45) is 0 Å². The molecule has 19 heavy (non-hydrogen) atoms. The molecule has 0 spiro atoms. The van der Waals surface area contributed by atoms with Crippen molar-refractivity contribution in [1.29, 1.82) is 0 Å². The fourth-order valence-corrected chi connectivity index (χ4v) is 2.17. The quantitative estimate of drug-likeness (QED) is 0.908. The summed E-state index contributed by atoms with van der Waals surface area (Å²) in [5, 5.41) is 12.5. The summed E-state index contributed by atoms with van der Waals surface area (Å²) in [5.74, 6) is -0.145. The maximum Gasteiger partial charge on any atom is 0.254 e. The molecular weight excluding hydrogens is 285 g/mol. The minimum absolute atomic E-state index is 0.184. The number of halogens is 2. The number of carbonyl (C=O) groups excluding carboxylic acids is 1. The molecule has 0 bridgehead atoms. The second-order valence-corrected chi connectivity index (χ2v) is 4.76. The molecule has 1 amide bonds. The van der Waals surface area contributed by atoms with Crippen molar-refractivity contribution in [3.05, 3.63) is 63.6 Å². The molecule has 2 rings (SSSR count). The monoisotopic (exact) mass is 295 g/mol. The van der Waals surface area contributed by atoms with Gasteiger partial charge in [0.15, 0.2) is 0 Å². The van der Waals surface area contributed by atoms with Crippen LogP contribution < -0.4 is 5.32 Å². The van der Waals surface area contributed by atoms with E-state index in [2.05, 4.69) is 5.32 Å². The molecule has 0 aromatic heterocycles. The Morgan fingerprint density at radius 1 is 1.05 bits per heavy atom. The molecule has 2 N–H and O–H groups in total. The molecule has 2 aromatic carbocycles. The largest absolute Gasteiger partial charge is 0.508 e. The van der Waals surface area contributed by atoms with Crippen LogP contribution >= 0.6 is 23.2 Å². The summed E-state index contributed by atoms with van der Waals surface area (Å²) in [6.07, 6.45) is 0. The zero-order chi connectivity index (χ0) is 13.8. The van der Waals surface area contributed by atoms with Gasteiger partial charge in [-0.25, -0.2) is 0 Å². The Morgan fingerprint density at radius 3 is 2.21 bits per heavy atom. The molecule has 0 aliphatic heterocycles. The number of rotatable bonds is 3. The van der Waals surface area contributed by atoms with E-state index in [1.165, 1.54) is 0 Å². The SMILES string of the molecule is O=C(NCc1ccc(O)cc1)c1c(Cl)cccc1Cl. The van der Waals surface area contributed by atoms with E-state index in [9.17, 15) is 4.79 Å². The number of aromatic hydroxyl groups is 1. The molecule has 0 heterocycles. The van der Waals surface area contributed by atoms with Gasteiger partial charge < -0.3 is 10.4 Å². The minimum Gasteiger partial charge on any atom is -0.508 e.